The highest BCUT2D eigenvalue weighted by Gasteiger charge is 2.38. The normalized spacial score (nSPS) is 23.0. The highest BCUT2D eigenvalue weighted by molar-refractivity contribution is 5.94. The average molecular weight is 399 g/mol. The van der Waals surface area contributed by atoms with Crippen LogP contribution in [-0.4, -0.2) is 21.9 Å². The van der Waals surface area contributed by atoms with Gasteiger partial charge in [-0.3, -0.25) is 14.8 Å². The molecular formula is C26H28N3O. The number of hydrogen-bond donors (Lipinski definition) is 0. The van der Waals surface area contributed by atoms with E-state index in [-0.39, 0.29) is 17.9 Å². The van der Waals surface area contributed by atoms with Crippen LogP contribution in [0.5, 0.6) is 0 Å². The van der Waals surface area contributed by atoms with E-state index in [4.69, 9.17) is 0 Å². The van der Waals surface area contributed by atoms with Crippen LogP contribution in [0, 0.1) is 31.1 Å². The van der Waals surface area contributed by atoms with Crippen molar-refractivity contribution in [1.29, 1.82) is 0 Å². The Labute approximate surface area is 179 Å². The predicted molar refractivity (Wildman–Crippen MR) is 121 cm³/mol. The first-order chi connectivity index (χ1) is 14.5. The van der Waals surface area contributed by atoms with E-state index >= 15 is 0 Å². The standard InChI is InChI=1S/C26H28N3O/c1-17-15-28-23(16-27-17)14-24-18(2)19(3)29(20(4)30)26-12-11-22(13-25(24)26)21-9-7-5-6-8-10-21/h7,9,11-13,15-16,18-19,24H,8,10,14H2,1-4H3/t18?,19-,24+/m0/s1. The molecule has 153 valence electrons. The zero-order valence-electron chi connectivity index (χ0n) is 18.1. The lowest BCUT2D eigenvalue weighted by molar-refractivity contribution is -0.117. The monoisotopic (exact) mass is 398 g/mol. The topological polar surface area (TPSA) is 46.1 Å². The molecule has 1 aliphatic heterocycles. The van der Waals surface area contributed by atoms with Crippen molar-refractivity contribution in [2.45, 2.75) is 58.9 Å². The number of benzene rings is 1. The lowest BCUT2D eigenvalue weighted by Crippen LogP contribution is -2.47. The number of rotatable bonds is 3. The third kappa shape index (κ3) is 3.89. The first kappa shape index (κ1) is 20.3. The van der Waals surface area contributed by atoms with Crippen molar-refractivity contribution in [3.05, 3.63) is 65.6 Å². The number of allylic oxidation sites excluding steroid dienone is 2. The third-order valence-corrected chi connectivity index (χ3v) is 6.45. The van der Waals surface area contributed by atoms with Crippen molar-refractivity contribution >= 4 is 17.2 Å². The van der Waals surface area contributed by atoms with E-state index in [1.165, 1.54) is 16.7 Å². The molecule has 1 unspecified atom stereocenters. The second kappa shape index (κ2) is 8.44. The quantitative estimate of drug-likeness (QED) is 0.692. The molecule has 0 saturated carbocycles. The number of carbonyl (C=O) groups is 1. The molecule has 3 atom stereocenters. The molecule has 1 amide bonds. The lowest BCUT2D eigenvalue weighted by atomic mass is 9.74. The Balaban J connectivity index is 1.78. The summed E-state index contributed by atoms with van der Waals surface area (Å²) in [5.41, 5.74) is 6.66. The summed E-state index contributed by atoms with van der Waals surface area (Å²) in [6, 6.07) is 6.67. The van der Waals surface area contributed by atoms with Gasteiger partial charge in [0.15, 0.2) is 0 Å². The zero-order chi connectivity index (χ0) is 21.3. The lowest BCUT2D eigenvalue weighted by Gasteiger charge is -2.44. The van der Waals surface area contributed by atoms with Crippen LogP contribution in [0.3, 0.4) is 0 Å². The van der Waals surface area contributed by atoms with Gasteiger partial charge in [0.05, 0.1) is 17.8 Å². The van der Waals surface area contributed by atoms with E-state index in [0.717, 1.165) is 36.3 Å². The molecule has 2 aromatic rings. The molecule has 1 aromatic carbocycles. The number of hydrogen-bond acceptors (Lipinski definition) is 3. The molecule has 1 aliphatic carbocycles. The third-order valence-electron chi connectivity index (χ3n) is 6.45. The number of aromatic nitrogens is 2. The second-order valence-electron chi connectivity index (χ2n) is 8.40. The first-order valence-corrected chi connectivity index (χ1v) is 10.7. The highest BCUT2D eigenvalue weighted by Crippen LogP contribution is 2.44. The van der Waals surface area contributed by atoms with Crippen molar-refractivity contribution in [3.63, 3.8) is 0 Å². The smallest absolute Gasteiger partial charge is 0.224 e. The SMILES string of the molecule is CC(=O)N1c2ccc(C3=C[CH]C#CCC3)cc2[C@H](Cc2cnc(C)cn2)C(C)[C@@H]1C. The zero-order valence-corrected chi connectivity index (χ0v) is 18.1. The number of amides is 1. The van der Waals surface area contributed by atoms with E-state index < -0.39 is 0 Å². The molecule has 0 bridgehead atoms. The van der Waals surface area contributed by atoms with Gasteiger partial charge in [-0.1, -0.05) is 25.0 Å². The van der Waals surface area contributed by atoms with Crippen molar-refractivity contribution < 1.29 is 4.79 Å². The van der Waals surface area contributed by atoms with Crippen LogP contribution in [0.15, 0.2) is 36.7 Å². The van der Waals surface area contributed by atoms with Gasteiger partial charge in [-0.2, -0.15) is 0 Å². The fourth-order valence-electron chi connectivity index (χ4n) is 4.64. The summed E-state index contributed by atoms with van der Waals surface area (Å²) in [6.07, 6.45) is 10.4. The van der Waals surface area contributed by atoms with Crippen molar-refractivity contribution in [2.75, 3.05) is 4.90 Å². The van der Waals surface area contributed by atoms with Crippen molar-refractivity contribution in [1.82, 2.24) is 9.97 Å². The molecule has 4 rings (SSSR count). The Morgan fingerprint density at radius 3 is 2.80 bits per heavy atom. The second-order valence-corrected chi connectivity index (χ2v) is 8.40. The van der Waals surface area contributed by atoms with Crippen molar-refractivity contribution in [3.8, 4) is 11.8 Å². The van der Waals surface area contributed by atoms with Gasteiger partial charge < -0.3 is 4.90 Å². The summed E-state index contributed by atoms with van der Waals surface area (Å²) in [4.78, 5) is 23.5. The molecule has 0 N–H and O–H groups in total. The van der Waals surface area contributed by atoms with Crippen LogP contribution in [0.1, 0.15) is 62.0 Å². The fourth-order valence-corrected chi connectivity index (χ4v) is 4.64. The summed E-state index contributed by atoms with van der Waals surface area (Å²) in [5.74, 6) is 6.90. The maximum absolute atomic E-state index is 12.5. The molecule has 1 radical (unpaired) electrons. The number of anilines is 1. The summed E-state index contributed by atoms with van der Waals surface area (Å²) in [5, 5.41) is 0. The highest BCUT2D eigenvalue weighted by atomic mass is 16.2. The first-order valence-electron chi connectivity index (χ1n) is 10.7. The molecule has 2 aliphatic rings. The van der Waals surface area contributed by atoms with Gasteiger partial charge in [-0.15, -0.1) is 5.92 Å². The molecule has 1 aromatic heterocycles. The molecule has 2 heterocycles. The minimum absolute atomic E-state index is 0.0901. The Morgan fingerprint density at radius 1 is 1.23 bits per heavy atom. The minimum Gasteiger partial charge on any atom is -0.309 e. The van der Waals surface area contributed by atoms with E-state index in [2.05, 4.69) is 59.9 Å². The molecule has 30 heavy (non-hydrogen) atoms. The fraction of sp³-hybridized carbons (Fsp3) is 0.385. The van der Waals surface area contributed by atoms with Crippen LogP contribution in [0.2, 0.25) is 0 Å². The molecule has 0 fully saturated rings. The molecule has 0 saturated heterocycles. The van der Waals surface area contributed by atoms with Crippen LogP contribution < -0.4 is 4.90 Å². The summed E-state index contributed by atoms with van der Waals surface area (Å²) in [6.45, 7) is 8.01. The van der Waals surface area contributed by atoms with E-state index in [1.807, 2.05) is 30.6 Å². The largest absolute Gasteiger partial charge is 0.309 e. The number of fused-ring (bicyclic) bond motifs is 1. The van der Waals surface area contributed by atoms with Crippen LogP contribution in [0.25, 0.3) is 5.57 Å². The van der Waals surface area contributed by atoms with Crippen LogP contribution in [-0.2, 0) is 11.2 Å². The van der Waals surface area contributed by atoms with Gasteiger partial charge >= 0.3 is 0 Å². The summed E-state index contributed by atoms with van der Waals surface area (Å²) < 4.78 is 0. The van der Waals surface area contributed by atoms with Gasteiger partial charge in [-0.05, 0) is 67.4 Å². The number of aryl methyl sites for hydroxylation is 1. The summed E-state index contributed by atoms with van der Waals surface area (Å²) >= 11 is 0. The van der Waals surface area contributed by atoms with Crippen molar-refractivity contribution in [2.24, 2.45) is 5.92 Å². The van der Waals surface area contributed by atoms with Crippen LogP contribution >= 0.6 is 0 Å². The molecule has 4 nitrogen and oxygen atoms in total. The number of nitrogens with zero attached hydrogens (tertiary/aromatic N) is 3. The Hall–Kier alpha value is -2.93. The van der Waals surface area contributed by atoms with E-state index in [0.29, 0.717) is 5.92 Å². The van der Waals surface area contributed by atoms with E-state index in [9.17, 15) is 4.79 Å². The Morgan fingerprint density at radius 2 is 2.07 bits per heavy atom. The Bertz CT molecular complexity index is 1040. The van der Waals surface area contributed by atoms with E-state index in [1.54, 1.807) is 6.92 Å². The molecule has 4 heteroatoms. The molecular weight excluding hydrogens is 370 g/mol. The van der Waals surface area contributed by atoms with Gasteiger partial charge in [-0.25, -0.2) is 0 Å². The van der Waals surface area contributed by atoms with Gasteiger partial charge in [0.2, 0.25) is 5.91 Å². The van der Waals surface area contributed by atoms with Crippen LogP contribution in [0.4, 0.5) is 5.69 Å². The number of carbonyl (C=O) groups excluding carboxylic acids is 1. The maximum Gasteiger partial charge on any atom is 0.224 e. The minimum atomic E-state index is 0.0901. The maximum atomic E-state index is 12.5. The average Bonchev–Trinajstić information content (AvgIpc) is 3.02. The van der Waals surface area contributed by atoms with Gasteiger partial charge in [0.1, 0.15) is 0 Å². The predicted octanol–water partition coefficient (Wildman–Crippen LogP) is 4.89. The Kier molecular flexibility index (Phi) is 5.72. The summed E-state index contributed by atoms with van der Waals surface area (Å²) in [7, 11) is 0. The van der Waals surface area contributed by atoms with Gasteiger partial charge in [0, 0.05) is 37.5 Å². The molecule has 0 spiro atoms. The van der Waals surface area contributed by atoms with Gasteiger partial charge in [0.25, 0.3) is 0 Å².